The number of benzene rings is 1. The third-order valence-electron chi connectivity index (χ3n) is 1.88. The van der Waals surface area contributed by atoms with Crippen LogP contribution in [0.15, 0.2) is 12.1 Å². The van der Waals surface area contributed by atoms with Gasteiger partial charge in [-0.25, -0.2) is 8.78 Å². The summed E-state index contributed by atoms with van der Waals surface area (Å²) in [7, 11) is 0. The molecule has 0 amide bonds. The van der Waals surface area contributed by atoms with E-state index >= 15 is 0 Å². The highest BCUT2D eigenvalue weighted by Gasteiger charge is 2.09. The number of hydrogen-bond donors (Lipinski definition) is 1. The number of halogens is 2. The van der Waals surface area contributed by atoms with Crippen molar-refractivity contribution in [3.8, 4) is 5.75 Å². The standard InChI is InChI=1S/C10H10F2O2/c11-8-5-7(3-1-2-4-13)10(14)9(12)6-8/h4-6,14H,1-3H2. The van der Waals surface area contributed by atoms with Crippen molar-refractivity contribution in [3.63, 3.8) is 0 Å². The number of phenolic OH excluding ortho intramolecular Hbond substituents is 1. The van der Waals surface area contributed by atoms with Gasteiger partial charge in [-0.1, -0.05) is 0 Å². The Morgan fingerprint density at radius 2 is 2.07 bits per heavy atom. The quantitative estimate of drug-likeness (QED) is 0.597. The van der Waals surface area contributed by atoms with E-state index in [2.05, 4.69) is 0 Å². The number of rotatable bonds is 4. The van der Waals surface area contributed by atoms with E-state index in [-0.39, 0.29) is 5.56 Å². The van der Waals surface area contributed by atoms with Gasteiger partial charge in [0, 0.05) is 12.5 Å². The second-order valence-corrected chi connectivity index (χ2v) is 2.95. The Bertz CT molecular complexity index is 337. The van der Waals surface area contributed by atoms with Crippen molar-refractivity contribution in [1.82, 2.24) is 0 Å². The topological polar surface area (TPSA) is 37.3 Å². The predicted octanol–water partition coefficient (Wildman–Crippen LogP) is 2.19. The van der Waals surface area contributed by atoms with Crippen molar-refractivity contribution in [1.29, 1.82) is 0 Å². The van der Waals surface area contributed by atoms with E-state index in [4.69, 9.17) is 0 Å². The maximum atomic E-state index is 12.8. The van der Waals surface area contributed by atoms with Gasteiger partial charge in [0.15, 0.2) is 11.6 Å². The molecule has 0 fully saturated rings. The van der Waals surface area contributed by atoms with Gasteiger partial charge in [-0.3, -0.25) is 0 Å². The van der Waals surface area contributed by atoms with E-state index < -0.39 is 17.4 Å². The number of phenols is 1. The summed E-state index contributed by atoms with van der Waals surface area (Å²) in [5.74, 6) is -2.22. The molecule has 0 heterocycles. The molecule has 2 nitrogen and oxygen atoms in total. The highest BCUT2D eigenvalue weighted by atomic mass is 19.1. The summed E-state index contributed by atoms with van der Waals surface area (Å²) in [5.41, 5.74) is 0.198. The molecule has 0 aliphatic carbocycles. The molecule has 0 atom stereocenters. The van der Waals surface area contributed by atoms with E-state index in [9.17, 15) is 18.7 Å². The van der Waals surface area contributed by atoms with Crippen LogP contribution in [0.25, 0.3) is 0 Å². The van der Waals surface area contributed by atoms with Crippen LogP contribution in [0.2, 0.25) is 0 Å². The highest BCUT2D eigenvalue weighted by molar-refractivity contribution is 5.49. The average Bonchev–Trinajstić information content (AvgIpc) is 2.13. The third kappa shape index (κ3) is 2.52. The predicted molar refractivity (Wildman–Crippen MR) is 47.0 cm³/mol. The second kappa shape index (κ2) is 4.69. The highest BCUT2D eigenvalue weighted by Crippen LogP contribution is 2.23. The monoisotopic (exact) mass is 200 g/mol. The van der Waals surface area contributed by atoms with Gasteiger partial charge in [0.2, 0.25) is 0 Å². The molecule has 4 heteroatoms. The fourth-order valence-corrected chi connectivity index (χ4v) is 1.19. The second-order valence-electron chi connectivity index (χ2n) is 2.95. The lowest BCUT2D eigenvalue weighted by Gasteiger charge is -2.04. The molecule has 14 heavy (non-hydrogen) atoms. The van der Waals surface area contributed by atoms with Crippen molar-refractivity contribution in [2.45, 2.75) is 19.3 Å². The van der Waals surface area contributed by atoms with Crippen molar-refractivity contribution in [3.05, 3.63) is 29.3 Å². The molecule has 0 spiro atoms. The minimum absolute atomic E-state index is 0.198. The van der Waals surface area contributed by atoms with Crippen LogP contribution in [0.5, 0.6) is 5.75 Å². The number of carbonyl (C=O) groups is 1. The number of unbranched alkanes of at least 4 members (excludes halogenated alkanes) is 1. The minimum atomic E-state index is -0.967. The first-order valence-corrected chi connectivity index (χ1v) is 4.25. The third-order valence-corrected chi connectivity index (χ3v) is 1.88. The van der Waals surface area contributed by atoms with Crippen LogP contribution in [0.3, 0.4) is 0 Å². The minimum Gasteiger partial charge on any atom is -0.505 e. The summed E-state index contributed by atoms with van der Waals surface area (Å²) in [4.78, 5) is 10.0. The van der Waals surface area contributed by atoms with Gasteiger partial charge >= 0.3 is 0 Å². The van der Waals surface area contributed by atoms with Crippen molar-refractivity contribution >= 4 is 6.29 Å². The van der Waals surface area contributed by atoms with Crippen molar-refractivity contribution in [2.75, 3.05) is 0 Å². The van der Waals surface area contributed by atoms with Crippen LogP contribution in [0.1, 0.15) is 18.4 Å². The molecular weight excluding hydrogens is 190 g/mol. The maximum absolute atomic E-state index is 12.8. The molecule has 0 bridgehead atoms. The zero-order valence-corrected chi connectivity index (χ0v) is 7.46. The molecule has 0 aromatic heterocycles. The Morgan fingerprint density at radius 1 is 1.36 bits per heavy atom. The number of aryl methyl sites for hydroxylation is 1. The Kier molecular flexibility index (Phi) is 3.56. The zero-order chi connectivity index (χ0) is 10.6. The molecule has 0 radical (unpaired) electrons. The lowest BCUT2D eigenvalue weighted by molar-refractivity contribution is -0.107. The van der Waals surface area contributed by atoms with Crippen LogP contribution >= 0.6 is 0 Å². The van der Waals surface area contributed by atoms with Crippen LogP contribution in [-0.4, -0.2) is 11.4 Å². The van der Waals surface area contributed by atoms with Crippen LogP contribution < -0.4 is 0 Å². The van der Waals surface area contributed by atoms with E-state index in [0.29, 0.717) is 25.3 Å². The fourth-order valence-electron chi connectivity index (χ4n) is 1.19. The zero-order valence-electron chi connectivity index (χ0n) is 7.46. The Hall–Kier alpha value is -1.45. The summed E-state index contributed by atoms with van der Waals surface area (Å²) in [5, 5.41) is 9.19. The lowest BCUT2D eigenvalue weighted by atomic mass is 10.1. The van der Waals surface area contributed by atoms with Crippen molar-refractivity contribution in [2.24, 2.45) is 0 Å². The van der Waals surface area contributed by atoms with Crippen LogP contribution in [0.4, 0.5) is 8.78 Å². The van der Waals surface area contributed by atoms with Gasteiger partial charge in [-0.15, -0.1) is 0 Å². The van der Waals surface area contributed by atoms with E-state index in [1.165, 1.54) is 0 Å². The molecule has 0 saturated carbocycles. The smallest absolute Gasteiger partial charge is 0.168 e. The Balaban J connectivity index is 2.79. The normalized spacial score (nSPS) is 10.1. The fraction of sp³-hybridized carbons (Fsp3) is 0.300. The number of hydrogen-bond acceptors (Lipinski definition) is 2. The number of carbonyl (C=O) groups excluding carboxylic acids is 1. The van der Waals surface area contributed by atoms with Crippen molar-refractivity contribution < 1.29 is 18.7 Å². The maximum Gasteiger partial charge on any atom is 0.168 e. The van der Waals surface area contributed by atoms with E-state index in [0.717, 1.165) is 12.4 Å². The largest absolute Gasteiger partial charge is 0.505 e. The molecule has 0 saturated heterocycles. The van der Waals surface area contributed by atoms with Gasteiger partial charge < -0.3 is 9.90 Å². The van der Waals surface area contributed by atoms with E-state index in [1.807, 2.05) is 0 Å². The molecular formula is C10H10F2O2. The Morgan fingerprint density at radius 3 is 2.71 bits per heavy atom. The molecule has 1 aromatic carbocycles. The molecule has 0 aliphatic heterocycles. The van der Waals surface area contributed by atoms with Gasteiger partial charge in [-0.05, 0) is 24.5 Å². The van der Waals surface area contributed by atoms with Gasteiger partial charge in [0.25, 0.3) is 0 Å². The SMILES string of the molecule is O=CCCCc1cc(F)cc(F)c1O. The number of aromatic hydroxyl groups is 1. The molecule has 1 N–H and O–H groups in total. The van der Waals surface area contributed by atoms with Gasteiger partial charge in [0.1, 0.15) is 12.1 Å². The summed E-state index contributed by atoms with van der Waals surface area (Å²) < 4.78 is 25.5. The summed E-state index contributed by atoms with van der Waals surface area (Å²) in [6.07, 6.45) is 1.81. The summed E-state index contributed by atoms with van der Waals surface area (Å²) in [6.45, 7) is 0. The molecule has 0 unspecified atom stereocenters. The summed E-state index contributed by atoms with van der Waals surface area (Å²) in [6, 6.07) is 1.70. The van der Waals surface area contributed by atoms with Gasteiger partial charge in [-0.2, -0.15) is 0 Å². The molecule has 1 aromatic rings. The number of aldehydes is 1. The molecule has 1 rings (SSSR count). The molecule has 0 aliphatic rings. The molecule has 76 valence electrons. The Labute approximate surface area is 80.2 Å². The van der Waals surface area contributed by atoms with Crippen LogP contribution in [0, 0.1) is 11.6 Å². The summed E-state index contributed by atoms with van der Waals surface area (Å²) >= 11 is 0. The van der Waals surface area contributed by atoms with Crippen LogP contribution in [-0.2, 0) is 11.2 Å². The van der Waals surface area contributed by atoms with Gasteiger partial charge in [0.05, 0.1) is 0 Å². The lowest BCUT2D eigenvalue weighted by Crippen LogP contribution is -1.92. The average molecular weight is 200 g/mol. The first kappa shape index (κ1) is 10.6. The first-order valence-electron chi connectivity index (χ1n) is 4.25. The van der Waals surface area contributed by atoms with E-state index in [1.54, 1.807) is 0 Å². The first-order chi connectivity index (χ1) is 6.65.